The summed E-state index contributed by atoms with van der Waals surface area (Å²) in [6, 6.07) is 0. The molecule has 0 aliphatic carbocycles. The Bertz CT molecular complexity index is 414. The Morgan fingerprint density at radius 1 is 1.05 bits per heavy atom. The number of hydrogen-bond donors (Lipinski definition) is 3. The molecule has 1 unspecified atom stereocenters. The molecule has 120 valence electrons. The average molecular weight is 302 g/mol. The van der Waals surface area contributed by atoms with Gasteiger partial charge in [-0.1, -0.05) is 0 Å². The van der Waals surface area contributed by atoms with Gasteiger partial charge in [0.15, 0.2) is 0 Å². The fourth-order valence-corrected chi connectivity index (χ4v) is 1.44. The molecule has 0 amide bonds. The first kappa shape index (κ1) is 17.3. The molecule has 10 heteroatoms. The molecule has 0 aliphatic rings. The number of hydrogen-bond acceptors (Lipinski definition) is 10. The van der Waals surface area contributed by atoms with E-state index in [-0.39, 0.29) is 26.1 Å². The molecule has 10 nitrogen and oxygen atoms in total. The second kappa shape index (κ2) is 9.23. The highest BCUT2D eigenvalue weighted by Crippen LogP contribution is 2.14. The van der Waals surface area contributed by atoms with E-state index in [1.807, 2.05) is 0 Å². The number of rotatable bonds is 10. The lowest BCUT2D eigenvalue weighted by Crippen LogP contribution is -2.30. The van der Waals surface area contributed by atoms with Crippen LogP contribution in [0.3, 0.4) is 0 Å². The Labute approximate surface area is 123 Å². The van der Waals surface area contributed by atoms with Gasteiger partial charge in [0.05, 0.1) is 0 Å². The summed E-state index contributed by atoms with van der Waals surface area (Å²) in [6.07, 6.45) is -0.797. The van der Waals surface area contributed by atoms with Gasteiger partial charge in [-0.2, -0.15) is 15.0 Å². The summed E-state index contributed by atoms with van der Waals surface area (Å²) in [5.74, 6) is 0.878. The van der Waals surface area contributed by atoms with Crippen molar-refractivity contribution in [1.29, 1.82) is 0 Å². The summed E-state index contributed by atoms with van der Waals surface area (Å²) in [6.45, 7) is 2.30. The molecule has 1 atom stereocenters. The van der Waals surface area contributed by atoms with Gasteiger partial charge in [0.1, 0.15) is 26.4 Å². The second-order valence-electron chi connectivity index (χ2n) is 4.09. The fraction of sp³-hybridized carbons (Fsp3) is 0.727. The summed E-state index contributed by atoms with van der Waals surface area (Å²) in [5.41, 5.74) is 0. The van der Waals surface area contributed by atoms with E-state index in [1.165, 1.54) is 0 Å². The highest BCUT2D eigenvalue weighted by molar-refractivity contribution is 5.43. The average Bonchev–Trinajstić information content (AvgIpc) is 2.44. The molecule has 1 rings (SSSR count). The van der Waals surface area contributed by atoms with Gasteiger partial charge in [0, 0.05) is 21.3 Å². The third-order valence-corrected chi connectivity index (χ3v) is 2.19. The number of ether oxygens (including phenoxy) is 3. The zero-order chi connectivity index (χ0) is 15.7. The Morgan fingerprint density at radius 2 is 1.67 bits per heavy atom. The molecule has 0 fully saturated rings. The first-order valence-electron chi connectivity index (χ1n) is 6.27. The normalized spacial score (nSPS) is 12.0. The maximum Gasteiger partial charge on any atom is 0.235 e. The van der Waals surface area contributed by atoms with Crippen LogP contribution < -0.4 is 15.5 Å². The smallest absolute Gasteiger partial charge is 0.235 e. The van der Waals surface area contributed by atoms with Crippen LogP contribution in [0.1, 0.15) is 6.92 Å². The molecule has 21 heavy (non-hydrogen) atoms. The van der Waals surface area contributed by atoms with Crippen LogP contribution >= 0.6 is 0 Å². The first-order chi connectivity index (χ1) is 10.1. The third-order valence-electron chi connectivity index (χ3n) is 2.19. The van der Waals surface area contributed by atoms with Gasteiger partial charge in [-0.3, -0.25) is 4.90 Å². The molecule has 3 N–H and O–H groups in total. The summed E-state index contributed by atoms with van der Waals surface area (Å²) in [4.78, 5) is 14.2. The molecule has 1 aromatic rings. The van der Waals surface area contributed by atoms with E-state index < -0.39 is 6.23 Å². The second-order valence-corrected chi connectivity index (χ2v) is 4.09. The highest BCUT2D eigenvalue weighted by Gasteiger charge is 2.14. The molecule has 0 spiro atoms. The number of anilines is 3. The van der Waals surface area contributed by atoms with E-state index in [1.54, 1.807) is 33.2 Å². The number of nitrogens with zero attached hydrogens (tertiary/aromatic N) is 4. The SMILES string of the molecule is COCNc1nc(NC(C)O)nc(N(COC)COC)n1. The number of methoxy groups -OCH3 is 3. The first-order valence-corrected chi connectivity index (χ1v) is 6.27. The standard InChI is InChI=1S/C11H22N6O4/c1-8(18)13-10-14-9(12-5-19-2)15-11(16-10)17(6-20-3)7-21-4/h8,18H,5-7H2,1-4H3,(H2,12,13,14,15,16). The molecule has 0 radical (unpaired) electrons. The van der Waals surface area contributed by atoms with Crippen LogP contribution in [0.2, 0.25) is 0 Å². The highest BCUT2D eigenvalue weighted by atomic mass is 16.5. The predicted molar refractivity (Wildman–Crippen MR) is 76.9 cm³/mol. The van der Waals surface area contributed by atoms with E-state index in [2.05, 4.69) is 25.6 Å². The molecular weight excluding hydrogens is 280 g/mol. The van der Waals surface area contributed by atoms with Crippen molar-refractivity contribution in [2.45, 2.75) is 13.2 Å². The fourth-order valence-electron chi connectivity index (χ4n) is 1.44. The Hall–Kier alpha value is -1.75. The van der Waals surface area contributed by atoms with Gasteiger partial charge in [-0.15, -0.1) is 0 Å². The molecule has 0 bridgehead atoms. The van der Waals surface area contributed by atoms with Gasteiger partial charge in [-0.25, -0.2) is 0 Å². The lowest BCUT2D eigenvalue weighted by Gasteiger charge is -2.21. The lowest BCUT2D eigenvalue weighted by atomic mass is 10.6. The van der Waals surface area contributed by atoms with Crippen molar-refractivity contribution in [2.24, 2.45) is 0 Å². The minimum Gasteiger partial charge on any atom is -0.374 e. The number of aromatic nitrogens is 3. The maximum absolute atomic E-state index is 9.39. The van der Waals surface area contributed by atoms with Gasteiger partial charge in [-0.05, 0) is 6.92 Å². The van der Waals surface area contributed by atoms with Gasteiger partial charge in [0.25, 0.3) is 0 Å². The van der Waals surface area contributed by atoms with Crippen molar-refractivity contribution in [2.75, 3.05) is 57.1 Å². The number of nitrogens with one attached hydrogen (secondary N) is 2. The van der Waals surface area contributed by atoms with Crippen LogP contribution in [0, 0.1) is 0 Å². The van der Waals surface area contributed by atoms with Gasteiger partial charge >= 0.3 is 0 Å². The molecule has 1 aromatic heterocycles. The van der Waals surface area contributed by atoms with E-state index in [9.17, 15) is 5.11 Å². The van der Waals surface area contributed by atoms with Crippen LogP contribution in [0.15, 0.2) is 0 Å². The molecule has 1 heterocycles. The van der Waals surface area contributed by atoms with Crippen molar-refractivity contribution in [3.05, 3.63) is 0 Å². The maximum atomic E-state index is 9.39. The molecule has 0 saturated heterocycles. The largest absolute Gasteiger partial charge is 0.374 e. The van der Waals surface area contributed by atoms with Crippen LogP contribution in [0.4, 0.5) is 17.8 Å². The van der Waals surface area contributed by atoms with Crippen molar-refractivity contribution in [3.63, 3.8) is 0 Å². The van der Waals surface area contributed by atoms with Gasteiger partial charge in [0.2, 0.25) is 17.8 Å². The van der Waals surface area contributed by atoms with Crippen molar-refractivity contribution < 1.29 is 19.3 Å². The Morgan fingerprint density at radius 3 is 2.19 bits per heavy atom. The topological polar surface area (TPSA) is 114 Å². The monoisotopic (exact) mass is 302 g/mol. The van der Waals surface area contributed by atoms with Crippen LogP contribution in [-0.4, -0.2) is 67.8 Å². The minimum atomic E-state index is -0.797. The Kier molecular flexibility index (Phi) is 7.61. The number of aliphatic hydroxyl groups is 1. The zero-order valence-corrected chi connectivity index (χ0v) is 12.7. The minimum absolute atomic E-state index is 0.228. The van der Waals surface area contributed by atoms with Crippen LogP contribution in [0.25, 0.3) is 0 Å². The van der Waals surface area contributed by atoms with E-state index in [4.69, 9.17) is 14.2 Å². The van der Waals surface area contributed by atoms with Crippen LogP contribution in [-0.2, 0) is 14.2 Å². The molecule has 0 saturated carbocycles. The summed E-state index contributed by atoms with van der Waals surface area (Å²) in [5, 5.41) is 15.0. The van der Waals surface area contributed by atoms with E-state index >= 15 is 0 Å². The van der Waals surface area contributed by atoms with E-state index in [0.717, 1.165) is 0 Å². The molecule has 0 aliphatic heterocycles. The lowest BCUT2D eigenvalue weighted by molar-refractivity contribution is 0.139. The summed E-state index contributed by atoms with van der Waals surface area (Å²) in [7, 11) is 4.66. The third kappa shape index (κ3) is 6.04. The van der Waals surface area contributed by atoms with Gasteiger partial charge < -0.3 is 30.0 Å². The van der Waals surface area contributed by atoms with Crippen molar-refractivity contribution in [1.82, 2.24) is 15.0 Å². The molecular formula is C11H22N6O4. The zero-order valence-electron chi connectivity index (χ0n) is 12.7. The quantitative estimate of drug-likeness (QED) is 0.495. The van der Waals surface area contributed by atoms with Crippen LogP contribution in [0.5, 0.6) is 0 Å². The number of aliphatic hydroxyl groups excluding tert-OH is 1. The summed E-state index contributed by atoms with van der Waals surface area (Å²) < 4.78 is 15.1. The summed E-state index contributed by atoms with van der Waals surface area (Å²) >= 11 is 0. The van der Waals surface area contributed by atoms with Crippen molar-refractivity contribution >= 4 is 17.8 Å². The Balaban J connectivity index is 3.02. The predicted octanol–water partition coefficient (Wildman–Crippen LogP) is -0.348. The molecule has 0 aromatic carbocycles. The van der Waals surface area contributed by atoms with Crippen molar-refractivity contribution in [3.8, 4) is 0 Å². The van der Waals surface area contributed by atoms with E-state index in [0.29, 0.717) is 11.9 Å².